The zero-order valence-electron chi connectivity index (χ0n) is 7.46. The lowest BCUT2D eigenvalue weighted by atomic mass is 10.3. The number of rotatable bonds is 5. The maximum Gasteiger partial charge on any atom is 0.305 e. The van der Waals surface area contributed by atoms with Gasteiger partial charge in [-0.2, -0.15) is 0 Å². The first kappa shape index (κ1) is 11.5. The smallest absolute Gasteiger partial charge is 0.305 e. The van der Waals surface area contributed by atoms with Crippen LogP contribution in [-0.2, 0) is 14.3 Å². The van der Waals surface area contributed by atoms with Crippen molar-refractivity contribution >= 4 is 22.8 Å². The molecule has 0 N–H and O–H groups in total. The van der Waals surface area contributed by atoms with Gasteiger partial charge in [0, 0.05) is 19.1 Å². The largest absolute Gasteiger partial charge is 0.466 e. The molecule has 0 rings (SSSR count). The average Bonchev–Trinajstić information content (AvgIpc) is 1.98. The molecular formula is C8H14O3S. The van der Waals surface area contributed by atoms with E-state index < -0.39 is 0 Å². The van der Waals surface area contributed by atoms with Gasteiger partial charge in [0.15, 0.2) is 5.12 Å². The molecule has 3 nitrogen and oxygen atoms in total. The Hall–Kier alpha value is -0.510. The molecule has 0 radical (unpaired) electrons. The van der Waals surface area contributed by atoms with Gasteiger partial charge in [0.05, 0.1) is 6.61 Å². The average molecular weight is 190 g/mol. The first-order valence-electron chi connectivity index (χ1n) is 3.95. The van der Waals surface area contributed by atoms with E-state index in [1.807, 2.05) is 0 Å². The first-order chi connectivity index (χ1) is 5.66. The summed E-state index contributed by atoms with van der Waals surface area (Å²) in [5.41, 5.74) is 0. The van der Waals surface area contributed by atoms with E-state index in [4.69, 9.17) is 4.74 Å². The van der Waals surface area contributed by atoms with Crippen LogP contribution in [0.2, 0.25) is 0 Å². The molecule has 0 amide bonds. The van der Waals surface area contributed by atoms with Crippen LogP contribution in [0.1, 0.15) is 26.7 Å². The van der Waals surface area contributed by atoms with Crippen molar-refractivity contribution in [3.8, 4) is 0 Å². The van der Waals surface area contributed by atoms with Crippen molar-refractivity contribution in [3.63, 3.8) is 0 Å². The summed E-state index contributed by atoms with van der Waals surface area (Å²) in [7, 11) is 0. The van der Waals surface area contributed by atoms with Gasteiger partial charge in [-0.3, -0.25) is 9.59 Å². The molecule has 70 valence electrons. The van der Waals surface area contributed by atoms with Gasteiger partial charge in [-0.05, 0) is 13.3 Å². The summed E-state index contributed by atoms with van der Waals surface area (Å²) in [5, 5.41) is 0.0962. The molecule has 0 aromatic carbocycles. The standard InChI is InChI=1S/C8H14O3S/c1-3-11-8(10)5-4-6-12-7(2)9/h3-6H2,1-2H3. The molecule has 0 saturated heterocycles. The van der Waals surface area contributed by atoms with Crippen LogP contribution in [0.15, 0.2) is 0 Å². The predicted octanol–water partition coefficient (Wildman–Crippen LogP) is 1.61. The van der Waals surface area contributed by atoms with Crippen LogP contribution in [0.4, 0.5) is 0 Å². The van der Waals surface area contributed by atoms with Crippen molar-refractivity contribution in [1.29, 1.82) is 0 Å². The minimum absolute atomic E-state index is 0.0962. The summed E-state index contributed by atoms with van der Waals surface area (Å²) in [6, 6.07) is 0. The van der Waals surface area contributed by atoms with Crippen molar-refractivity contribution in [1.82, 2.24) is 0 Å². The normalized spacial score (nSPS) is 9.50. The van der Waals surface area contributed by atoms with Crippen molar-refractivity contribution < 1.29 is 14.3 Å². The number of ether oxygens (including phenoxy) is 1. The van der Waals surface area contributed by atoms with E-state index in [9.17, 15) is 9.59 Å². The van der Waals surface area contributed by atoms with E-state index in [2.05, 4.69) is 0 Å². The summed E-state index contributed by atoms with van der Waals surface area (Å²) in [6.07, 6.45) is 1.12. The second kappa shape index (κ2) is 7.16. The lowest BCUT2D eigenvalue weighted by molar-refractivity contribution is -0.143. The van der Waals surface area contributed by atoms with Gasteiger partial charge in [-0.25, -0.2) is 0 Å². The molecule has 0 atom stereocenters. The Balaban J connectivity index is 3.19. The lowest BCUT2D eigenvalue weighted by Gasteiger charge is -1.99. The molecule has 0 bridgehead atoms. The SMILES string of the molecule is CCOC(=O)CCCSC(C)=O. The monoisotopic (exact) mass is 190 g/mol. The Bertz CT molecular complexity index is 156. The molecule has 0 saturated carbocycles. The highest BCUT2D eigenvalue weighted by molar-refractivity contribution is 8.13. The van der Waals surface area contributed by atoms with Crippen molar-refractivity contribution in [3.05, 3.63) is 0 Å². The molecule has 0 fully saturated rings. The fraction of sp³-hybridized carbons (Fsp3) is 0.750. The third kappa shape index (κ3) is 7.60. The van der Waals surface area contributed by atoms with Crippen LogP contribution in [0.25, 0.3) is 0 Å². The van der Waals surface area contributed by atoms with Gasteiger partial charge < -0.3 is 4.74 Å². The molecular weight excluding hydrogens is 176 g/mol. The zero-order valence-corrected chi connectivity index (χ0v) is 8.28. The van der Waals surface area contributed by atoms with Crippen molar-refractivity contribution in [2.24, 2.45) is 0 Å². The molecule has 0 aromatic heterocycles. The lowest BCUT2D eigenvalue weighted by Crippen LogP contribution is -2.04. The minimum atomic E-state index is -0.179. The Morgan fingerprint density at radius 1 is 1.42 bits per heavy atom. The van der Waals surface area contributed by atoms with E-state index in [0.717, 1.165) is 0 Å². The fourth-order valence-electron chi connectivity index (χ4n) is 0.666. The van der Waals surface area contributed by atoms with Crippen LogP contribution >= 0.6 is 11.8 Å². The highest BCUT2D eigenvalue weighted by Gasteiger charge is 2.01. The van der Waals surface area contributed by atoms with E-state index in [1.165, 1.54) is 18.7 Å². The second-order valence-corrected chi connectivity index (χ2v) is 3.52. The van der Waals surface area contributed by atoms with E-state index >= 15 is 0 Å². The summed E-state index contributed by atoms with van der Waals surface area (Å²) in [4.78, 5) is 21.2. The molecule has 0 aliphatic heterocycles. The third-order valence-electron chi connectivity index (χ3n) is 1.14. The molecule has 0 heterocycles. The van der Waals surface area contributed by atoms with E-state index in [0.29, 0.717) is 25.2 Å². The van der Waals surface area contributed by atoms with E-state index in [-0.39, 0.29) is 11.1 Å². The summed E-state index contributed by atoms with van der Waals surface area (Å²) >= 11 is 1.24. The second-order valence-electron chi connectivity index (χ2n) is 2.25. The molecule has 0 unspecified atom stereocenters. The van der Waals surface area contributed by atoms with Gasteiger partial charge >= 0.3 is 5.97 Å². The highest BCUT2D eigenvalue weighted by Crippen LogP contribution is 2.05. The number of carbonyl (C=O) groups excluding carboxylic acids is 2. The number of hydrogen-bond acceptors (Lipinski definition) is 4. The topological polar surface area (TPSA) is 43.4 Å². The zero-order chi connectivity index (χ0) is 9.40. The van der Waals surface area contributed by atoms with Gasteiger partial charge in [0.25, 0.3) is 0 Å². The maximum absolute atomic E-state index is 10.8. The number of carbonyl (C=O) groups is 2. The summed E-state index contributed by atoms with van der Waals surface area (Å²) < 4.78 is 4.72. The third-order valence-corrected chi connectivity index (χ3v) is 2.04. The Morgan fingerprint density at radius 3 is 2.58 bits per heavy atom. The minimum Gasteiger partial charge on any atom is -0.466 e. The van der Waals surface area contributed by atoms with Crippen LogP contribution < -0.4 is 0 Å². The van der Waals surface area contributed by atoms with E-state index in [1.54, 1.807) is 6.92 Å². The van der Waals surface area contributed by atoms with Gasteiger partial charge in [0.1, 0.15) is 0 Å². The Morgan fingerprint density at radius 2 is 2.08 bits per heavy atom. The highest BCUT2D eigenvalue weighted by atomic mass is 32.2. The number of thioether (sulfide) groups is 1. The fourth-order valence-corrected chi connectivity index (χ4v) is 1.24. The van der Waals surface area contributed by atoms with Crippen molar-refractivity contribution in [2.45, 2.75) is 26.7 Å². The Kier molecular flexibility index (Phi) is 6.85. The molecule has 4 heteroatoms. The van der Waals surface area contributed by atoms with Gasteiger partial charge in [0.2, 0.25) is 0 Å². The Labute approximate surface area is 76.9 Å². The predicted molar refractivity (Wildman–Crippen MR) is 49.0 cm³/mol. The van der Waals surface area contributed by atoms with Gasteiger partial charge in [-0.1, -0.05) is 11.8 Å². The quantitative estimate of drug-likeness (QED) is 0.488. The molecule has 0 aliphatic carbocycles. The number of esters is 1. The maximum atomic E-state index is 10.8. The van der Waals surface area contributed by atoms with Crippen LogP contribution in [-0.4, -0.2) is 23.4 Å². The number of hydrogen-bond donors (Lipinski definition) is 0. The van der Waals surface area contributed by atoms with Crippen LogP contribution in [0.5, 0.6) is 0 Å². The van der Waals surface area contributed by atoms with Crippen molar-refractivity contribution in [2.75, 3.05) is 12.4 Å². The molecule has 12 heavy (non-hydrogen) atoms. The first-order valence-corrected chi connectivity index (χ1v) is 4.94. The summed E-state index contributed by atoms with van der Waals surface area (Å²) in [5.74, 6) is 0.524. The molecule has 0 aromatic rings. The summed E-state index contributed by atoms with van der Waals surface area (Å²) in [6.45, 7) is 3.73. The van der Waals surface area contributed by atoms with Crippen LogP contribution in [0, 0.1) is 0 Å². The van der Waals surface area contributed by atoms with Crippen LogP contribution in [0.3, 0.4) is 0 Å². The van der Waals surface area contributed by atoms with Gasteiger partial charge in [-0.15, -0.1) is 0 Å². The molecule has 0 aliphatic rings. The molecule has 0 spiro atoms.